The van der Waals surface area contributed by atoms with Crippen LogP contribution in [0.5, 0.6) is 0 Å². The summed E-state index contributed by atoms with van der Waals surface area (Å²) in [7, 11) is 0. The number of nitrogens with one attached hydrogen (secondary N) is 1. The number of hydrogen-bond donors (Lipinski definition) is 1. The second kappa shape index (κ2) is 8.73. The summed E-state index contributed by atoms with van der Waals surface area (Å²) in [6.45, 7) is 1.82. The van der Waals surface area contributed by atoms with E-state index in [2.05, 4.69) is 5.32 Å². The molecular formula is C26H23F3N2O2. The van der Waals surface area contributed by atoms with Crippen LogP contribution >= 0.6 is 0 Å². The van der Waals surface area contributed by atoms with Crippen molar-refractivity contribution in [3.8, 4) is 0 Å². The molecule has 3 aromatic rings. The van der Waals surface area contributed by atoms with E-state index < -0.39 is 17.3 Å². The van der Waals surface area contributed by atoms with Crippen molar-refractivity contribution >= 4 is 11.8 Å². The third kappa shape index (κ3) is 4.62. The van der Waals surface area contributed by atoms with Crippen molar-refractivity contribution in [1.82, 2.24) is 10.2 Å². The molecule has 2 amide bonds. The first-order valence-electron chi connectivity index (χ1n) is 10.6. The number of benzene rings is 3. The van der Waals surface area contributed by atoms with Crippen LogP contribution in [0.25, 0.3) is 0 Å². The maximum absolute atomic E-state index is 13.4. The Labute approximate surface area is 190 Å². The van der Waals surface area contributed by atoms with Gasteiger partial charge >= 0.3 is 6.18 Å². The molecule has 1 aliphatic heterocycles. The van der Waals surface area contributed by atoms with Crippen LogP contribution < -0.4 is 5.32 Å². The number of rotatable bonds is 5. The van der Waals surface area contributed by atoms with Crippen LogP contribution in [-0.4, -0.2) is 22.3 Å². The first-order chi connectivity index (χ1) is 15.7. The lowest BCUT2D eigenvalue weighted by atomic mass is 9.82. The second-order valence-electron chi connectivity index (χ2n) is 8.37. The maximum atomic E-state index is 13.4. The van der Waals surface area contributed by atoms with Crippen molar-refractivity contribution in [2.45, 2.75) is 38.1 Å². The molecular weight excluding hydrogens is 429 g/mol. The number of amides is 2. The minimum absolute atomic E-state index is 0.119. The summed E-state index contributed by atoms with van der Waals surface area (Å²) < 4.78 is 39.7. The Hall–Kier alpha value is -3.61. The van der Waals surface area contributed by atoms with Crippen molar-refractivity contribution in [3.05, 3.63) is 107 Å². The first kappa shape index (κ1) is 22.6. The van der Waals surface area contributed by atoms with Crippen LogP contribution in [0.3, 0.4) is 0 Å². The Morgan fingerprint density at radius 3 is 2.36 bits per heavy atom. The largest absolute Gasteiger partial charge is 0.416 e. The molecule has 0 radical (unpaired) electrons. The van der Waals surface area contributed by atoms with Gasteiger partial charge in [-0.05, 0) is 41.8 Å². The zero-order valence-corrected chi connectivity index (χ0v) is 18.0. The minimum atomic E-state index is -4.50. The Bertz CT molecular complexity index is 1180. The summed E-state index contributed by atoms with van der Waals surface area (Å²) in [5.41, 5.74) is 0.341. The third-order valence-electron chi connectivity index (χ3n) is 6.00. The molecule has 33 heavy (non-hydrogen) atoms. The molecule has 0 aliphatic carbocycles. The number of carbonyl (C=O) groups excluding carboxylic acids is 2. The highest BCUT2D eigenvalue weighted by Gasteiger charge is 2.46. The van der Waals surface area contributed by atoms with Crippen LogP contribution in [0.15, 0.2) is 78.9 Å². The fourth-order valence-electron chi connectivity index (χ4n) is 4.17. The van der Waals surface area contributed by atoms with E-state index in [9.17, 15) is 22.8 Å². The van der Waals surface area contributed by atoms with E-state index in [1.165, 1.54) is 17.0 Å². The molecule has 1 heterocycles. The van der Waals surface area contributed by atoms with Gasteiger partial charge < -0.3 is 10.2 Å². The van der Waals surface area contributed by atoms with Gasteiger partial charge in [-0.15, -0.1) is 0 Å². The van der Waals surface area contributed by atoms with Gasteiger partial charge in [-0.25, -0.2) is 0 Å². The van der Waals surface area contributed by atoms with Gasteiger partial charge in [0.2, 0.25) is 5.91 Å². The summed E-state index contributed by atoms with van der Waals surface area (Å²) >= 11 is 0. The molecule has 0 bridgehead atoms. The van der Waals surface area contributed by atoms with E-state index in [0.717, 1.165) is 23.3 Å². The first-order valence-corrected chi connectivity index (χ1v) is 10.6. The van der Waals surface area contributed by atoms with Gasteiger partial charge in [0.15, 0.2) is 0 Å². The summed E-state index contributed by atoms with van der Waals surface area (Å²) in [4.78, 5) is 28.2. The molecule has 1 atom stereocenters. The van der Waals surface area contributed by atoms with Crippen LogP contribution in [0, 0.1) is 0 Å². The minimum Gasteiger partial charge on any atom is -0.350 e. The van der Waals surface area contributed by atoms with Gasteiger partial charge in [0.25, 0.3) is 5.91 Å². The number of carbonyl (C=O) groups is 2. The van der Waals surface area contributed by atoms with Crippen molar-refractivity contribution in [3.63, 3.8) is 0 Å². The molecule has 1 aliphatic rings. The van der Waals surface area contributed by atoms with Gasteiger partial charge in [0, 0.05) is 25.1 Å². The lowest BCUT2D eigenvalue weighted by Crippen LogP contribution is -2.62. The topological polar surface area (TPSA) is 49.4 Å². The smallest absolute Gasteiger partial charge is 0.350 e. The molecule has 0 saturated heterocycles. The molecule has 0 aromatic heterocycles. The zero-order valence-electron chi connectivity index (χ0n) is 18.0. The number of fused-ring (bicyclic) bond motifs is 1. The quantitative estimate of drug-likeness (QED) is 0.594. The summed E-state index contributed by atoms with van der Waals surface area (Å²) in [6.07, 6.45) is -4.24. The normalized spacial score (nSPS) is 18.1. The van der Waals surface area contributed by atoms with Crippen LogP contribution in [0.4, 0.5) is 13.2 Å². The number of halogens is 3. The van der Waals surface area contributed by atoms with Crippen molar-refractivity contribution < 1.29 is 22.8 Å². The highest BCUT2D eigenvalue weighted by Crippen LogP contribution is 2.34. The average molecular weight is 452 g/mol. The van der Waals surface area contributed by atoms with E-state index in [-0.39, 0.29) is 31.3 Å². The summed E-state index contributed by atoms with van der Waals surface area (Å²) in [5, 5.41) is 2.90. The van der Waals surface area contributed by atoms with E-state index in [1.54, 1.807) is 31.2 Å². The molecule has 0 saturated carbocycles. The Kier molecular flexibility index (Phi) is 5.97. The Balaban J connectivity index is 1.67. The molecule has 3 aromatic carbocycles. The maximum Gasteiger partial charge on any atom is 0.416 e. The predicted molar refractivity (Wildman–Crippen MR) is 118 cm³/mol. The fraction of sp³-hybridized carbons (Fsp3) is 0.231. The van der Waals surface area contributed by atoms with E-state index in [1.807, 2.05) is 30.3 Å². The van der Waals surface area contributed by atoms with Crippen molar-refractivity contribution in [1.29, 1.82) is 0 Å². The highest BCUT2D eigenvalue weighted by atomic mass is 19.4. The molecule has 170 valence electrons. The van der Waals surface area contributed by atoms with Crippen molar-refractivity contribution in [2.24, 2.45) is 0 Å². The summed E-state index contributed by atoms with van der Waals surface area (Å²) in [6, 6.07) is 21.2. The van der Waals surface area contributed by atoms with Gasteiger partial charge in [0.1, 0.15) is 5.54 Å². The van der Waals surface area contributed by atoms with E-state index >= 15 is 0 Å². The monoisotopic (exact) mass is 452 g/mol. The zero-order chi connectivity index (χ0) is 23.6. The third-order valence-corrected chi connectivity index (χ3v) is 6.00. The number of alkyl halides is 3. The summed E-state index contributed by atoms with van der Waals surface area (Å²) in [5.74, 6) is -0.743. The standard InChI is InChI=1S/C26H23F3N2O2/c1-25(24(33)30-16-18-8-3-2-4-9-18)15-20-11-5-6-13-22(20)23(32)31(25)17-19-10-7-12-21(14-19)26(27,28)29/h2-14H,15-17H2,1H3,(H,30,33). The lowest BCUT2D eigenvalue weighted by molar-refractivity contribution is -0.137. The number of hydrogen-bond acceptors (Lipinski definition) is 2. The second-order valence-corrected chi connectivity index (χ2v) is 8.37. The van der Waals surface area contributed by atoms with Crippen LogP contribution in [-0.2, 0) is 30.5 Å². The lowest BCUT2D eigenvalue weighted by Gasteiger charge is -2.44. The van der Waals surface area contributed by atoms with Crippen LogP contribution in [0.2, 0.25) is 0 Å². The van der Waals surface area contributed by atoms with Gasteiger partial charge in [0.05, 0.1) is 5.56 Å². The molecule has 0 spiro atoms. The molecule has 7 heteroatoms. The van der Waals surface area contributed by atoms with E-state index in [4.69, 9.17) is 0 Å². The SMILES string of the molecule is CC1(C(=O)NCc2ccccc2)Cc2ccccc2C(=O)N1Cc1cccc(C(F)(F)F)c1. The van der Waals surface area contributed by atoms with Gasteiger partial charge in [-0.2, -0.15) is 13.2 Å². The fourth-order valence-corrected chi connectivity index (χ4v) is 4.17. The molecule has 4 rings (SSSR count). The molecule has 4 nitrogen and oxygen atoms in total. The highest BCUT2D eigenvalue weighted by molar-refractivity contribution is 6.02. The van der Waals surface area contributed by atoms with Crippen molar-refractivity contribution in [2.75, 3.05) is 0 Å². The predicted octanol–water partition coefficient (Wildman–Crippen LogP) is 4.98. The molecule has 1 N–H and O–H groups in total. The molecule has 0 fully saturated rings. The van der Waals surface area contributed by atoms with E-state index in [0.29, 0.717) is 11.1 Å². The van der Waals surface area contributed by atoms with Gasteiger partial charge in [-0.3, -0.25) is 9.59 Å². The van der Waals surface area contributed by atoms with Gasteiger partial charge in [-0.1, -0.05) is 60.7 Å². The average Bonchev–Trinajstić information content (AvgIpc) is 2.80. The number of nitrogens with zero attached hydrogens (tertiary/aromatic N) is 1. The van der Waals surface area contributed by atoms with Crippen LogP contribution in [0.1, 0.15) is 39.5 Å². The molecule has 1 unspecified atom stereocenters. The Morgan fingerprint density at radius 2 is 1.64 bits per heavy atom. The Morgan fingerprint density at radius 1 is 0.970 bits per heavy atom.